The molecule has 0 saturated carbocycles. The number of nitrogens with one attached hydrogen (secondary N) is 2. The molecule has 1 atom stereocenters. The molecule has 2 N–H and O–H groups in total. The summed E-state index contributed by atoms with van der Waals surface area (Å²) in [6.07, 6.45) is 1.42. The molecule has 18 heavy (non-hydrogen) atoms. The summed E-state index contributed by atoms with van der Waals surface area (Å²) in [5.74, 6) is 0.113. The van der Waals surface area contributed by atoms with Gasteiger partial charge in [0.1, 0.15) is 0 Å². The molecule has 0 bridgehead atoms. The highest BCUT2D eigenvalue weighted by Gasteiger charge is 2.09. The van der Waals surface area contributed by atoms with Crippen LogP contribution < -0.4 is 10.6 Å². The minimum absolute atomic E-state index is 0.113. The van der Waals surface area contributed by atoms with E-state index in [9.17, 15) is 4.79 Å². The predicted molar refractivity (Wildman–Crippen MR) is 75.8 cm³/mol. The fraction of sp³-hybridized carbons (Fsp3) is 0.533. The topological polar surface area (TPSA) is 41.1 Å². The molecule has 0 spiro atoms. The van der Waals surface area contributed by atoms with Gasteiger partial charge in [-0.25, -0.2) is 0 Å². The molecular formula is C15H24N2O. The Labute approximate surface area is 110 Å². The number of hydrogen-bond donors (Lipinski definition) is 2. The lowest BCUT2D eigenvalue weighted by molar-refractivity contribution is -0.121. The van der Waals surface area contributed by atoms with Crippen molar-refractivity contribution < 1.29 is 4.79 Å². The monoisotopic (exact) mass is 248 g/mol. The van der Waals surface area contributed by atoms with Crippen molar-refractivity contribution in [2.45, 2.75) is 39.7 Å². The maximum Gasteiger partial charge on any atom is 0.221 e. The van der Waals surface area contributed by atoms with Crippen molar-refractivity contribution in [2.75, 3.05) is 13.6 Å². The molecular weight excluding hydrogens is 224 g/mol. The third-order valence-corrected chi connectivity index (χ3v) is 3.03. The van der Waals surface area contributed by atoms with Crippen molar-refractivity contribution in [3.8, 4) is 0 Å². The molecule has 1 amide bonds. The van der Waals surface area contributed by atoms with Gasteiger partial charge >= 0.3 is 0 Å². The Balaban J connectivity index is 2.48. The van der Waals surface area contributed by atoms with E-state index in [1.54, 1.807) is 0 Å². The first-order valence-electron chi connectivity index (χ1n) is 6.53. The molecule has 1 rings (SSSR count). The van der Waals surface area contributed by atoms with Crippen molar-refractivity contribution in [3.63, 3.8) is 0 Å². The maximum atomic E-state index is 11.6. The zero-order chi connectivity index (χ0) is 13.5. The highest BCUT2D eigenvalue weighted by Crippen LogP contribution is 2.12. The molecule has 3 nitrogen and oxygen atoms in total. The molecule has 1 aromatic carbocycles. The van der Waals surface area contributed by atoms with E-state index in [2.05, 4.69) is 49.6 Å². The van der Waals surface area contributed by atoms with Crippen molar-refractivity contribution in [1.29, 1.82) is 0 Å². The van der Waals surface area contributed by atoms with E-state index < -0.39 is 0 Å². The average Bonchev–Trinajstić information content (AvgIpc) is 2.30. The van der Waals surface area contributed by atoms with Gasteiger partial charge in [-0.05, 0) is 45.4 Å². The summed E-state index contributed by atoms with van der Waals surface area (Å²) < 4.78 is 0. The van der Waals surface area contributed by atoms with Crippen molar-refractivity contribution in [2.24, 2.45) is 0 Å². The van der Waals surface area contributed by atoms with E-state index >= 15 is 0 Å². The van der Waals surface area contributed by atoms with Crippen LogP contribution in [-0.4, -0.2) is 25.5 Å². The van der Waals surface area contributed by atoms with Crippen LogP contribution in [0.5, 0.6) is 0 Å². The Morgan fingerprint density at radius 1 is 1.33 bits per heavy atom. The molecule has 0 aliphatic carbocycles. The lowest BCUT2D eigenvalue weighted by Gasteiger charge is -2.15. The van der Waals surface area contributed by atoms with E-state index in [-0.39, 0.29) is 11.9 Å². The van der Waals surface area contributed by atoms with Crippen LogP contribution in [0.1, 0.15) is 30.0 Å². The maximum absolute atomic E-state index is 11.6. The fourth-order valence-electron chi connectivity index (χ4n) is 2.04. The zero-order valence-electron chi connectivity index (χ0n) is 11.8. The third kappa shape index (κ3) is 4.88. The van der Waals surface area contributed by atoms with Crippen LogP contribution in [-0.2, 0) is 11.2 Å². The van der Waals surface area contributed by atoms with Gasteiger partial charge in [0.15, 0.2) is 0 Å². The Hall–Kier alpha value is -1.35. The molecule has 0 aliphatic rings. The van der Waals surface area contributed by atoms with E-state index in [1.807, 2.05) is 7.05 Å². The first-order valence-corrected chi connectivity index (χ1v) is 6.53. The third-order valence-electron chi connectivity index (χ3n) is 3.03. The second kappa shape index (κ2) is 7.17. The van der Waals surface area contributed by atoms with Crippen LogP contribution in [0.4, 0.5) is 0 Å². The van der Waals surface area contributed by atoms with Crippen molar-refractivity contribution >= 4 is 5.91 Å². The van der Waals surface area contributed by atoms with Gasteiger partial charge < -0.3 is 10.6 Å². The molecule has 1 aromatic rings. The van der Waals surface area contributed by atoms with E-state index in [0.717, 1.165) is 13.0 Å². The number of carbonyl (C=O) groups is 1. The highest BCUT2D eigenvalue weighted by molar-refractivity contribution is 5.76. The van der Waals surface area contributed by atoms with Gasteiger partial charge in [0.25, 0.3) is 0 Å². The van der Waals surface area contributed by atoms with E-state index in [4.69, 9.17) is 0 Å². The Kier molecular flexibility index (Phi) is 5.86. The summed E-state index contributed by atoms with van der Waals surface area (Å²) in [5.41, 5.74) is 3.88. The minimum atomic E-state index is 0.113. The summed E-state index contributed by atoms with van der Waals surface area (Å²) in [5, 5.41) is 6.00. The Morgan fingerprint density at radius 2 is 2.06 bits per heavy atom. The molecule has 1 unspecified atom stereocenters. The molecule has 0 radical (unpaired) electrons. The smallest absolute Gasteiger partial charge is 0.221 e. The Morgan fingerprint density at radius 3 is 2.67 bits per heavy atom. The second-order valence-corrected chi connectivity index (χ2v) is 4.96. The number of rotatable bonds is 6. The molecule has 0 aliphatic heterocycles. The number of aryl methyl sites for hydroxylation is 2. The van der Waals surface area contributed by atoms with Crippen LogP contribution >= 0.6 is 0 Å². The van der Waals surface area contributed by atoms with Gasteiger partial charge in [0.05, 0.1) is 0 Å². The van der Waals surface area contributed by atoms with Crippen molar-refractivity contribution in [1.82, 2.24) is 10.6 Å². The zero-order valence-corrected chi connectivity index (χ0v) is 11.8. The van der Waals surface area contributed by atoms with Crippen LogP contribution in [0.2, 0.25) is 0 Å². The first-order chi connectivity index (χ1) is 8.52. The van der Waals surface area contributed by atoms with Gasteiger partial charge in [-0.2, -0.15) is 0 Å². The van der Waals surface area contributed by atoms with Gasteiger partial charge in [-0.15, -0.1) is 0 Å². The molecule has 100 valence electrons. The molecule has 0 heterocycles. The summed E-state index contributed by atoms with van der Waals surface area (Å²) in [6, 6.07) is 6.64. The van der Waals surface area contributed by atoms with Crippen LogP contribution in [0.3, 0.4) is 0 Å². The number of hydrogen-bond acceptors (Lipinski definition) is 2. The quantitative estimate of drug-likeness (QED) is 0.808. The van der Waals surface area contributed by atoms with E-state index in [0.29, 0.717) is 6.42 Å². The largest absolute Gasteiger partial charge is 0.353 e. The van der Waals surface area contributed by atoms with Crippen molar-refractivity contribution in [3.05, 3.63) is 34.9 Å². The van der Waals surface area contributed by atoms with Gasteiger partial charge in [0, 0.05) is 19.0 Å². The second-order valence-electron chi connectivity index (χ2n) is 4.96. The summed E-state index contributed by atoms with van der Waals surface area (Å²) in [6.45, 7) is 7.00. The van der Waals surface area contributed by atoms with E-state index in [1.165, 1.54) is 16.7 Å². The number of carbonyl (C=O) groups excluding carboxylic acids is 1. The number of benzene rings is 1. The first kappa shape index (κ1) is 14.7. The van der Waals surface area contributed by atoms with Crippen LogP contribution in [0, 0.1) is 13.8 Å². The lowest BCUT2D eigenvalue weighted by atomic mass is 10.00. The molecule has 0 aromatic heterocycles. The molecule has 0 saturated heterocycles. The van der Waals surface area contributed by atoms with Crippen LogP contribution in [0.25, 0.3) is 0 Å². The fourth-order valence-corrected chi connectivity index (χ4v) is 2.04. The molecule has 0 fully saturated rings. The Bertz CT molecular complexity index is 401. The van der Waals surface area contributed by atoms with Crippen LogP contribution in [0.15, 0.2) is 18.2 Å². The standard InChI is InChI=1S/C15H24N2O/c1-11-5-6-14(12(2)9-11)10-13(3)17-15(18)7-8-16-4/h5-6,9,13,16H,7-8,10H2,1-4H3,(H,17,18). The lowest BCUT2D eigenvalue weighted by Crippen LogP contribution is -2.35. The molecule has 3 heteroatoms. The minimum Gasteiger partial charge on any atom is -0.353 e. The highest BCUT2D eigenvalue weighted by atomic mass is 16.1. The van der Waals surface area contributed by atoms with Gasteiger partial charge in [-0.3, -0.25) is 4.79 Å². The summed E-state index contributed by atoms with van der Waals surface area (Å²) in [7, 11) is 1.85. The SMILES string of the molecule is CNCCC(=O)NC(C)Cc1ccc(C)cc1C. The number of amides is 1. The normalized spacial score (nSPS) is 12.2. The predicted octanol–water partition coefficient (Wildman–Crippen LogP) is 1.96. The van der Waals surface area contributed by atoms with Gasteiger partial charge in [-0.1, -0.05) is 23.8 Å². The summed E-state index contributed by atoms with van der Waals surface area (Å²) >= 11 is 0. The van der Waals surface area contributed by atoms with Gasteiger partial charge in [0.2, 0.25) is 5.91 Å². The summed E-state index contributed by atoms with van der Waals surface area (Å²) in [4.78, 5) is 11.6. The average molecular weight is 248 g/mol.